The summed E-state index contributed by atoms with van der Waals surface area (Å²) in [5.41, 5.74) is 1.09. The maximum Gasteiger partial charge on any atom is 0.214 e. The molecular formula is C14H15FN2O. The second kappa shape index (κ2) is 6.12. The third-order valence-corrected chi connectivity index (χ3v) is 2.61. The Bertz CT molecular complexity index is 490. The lowest BCUT2D eigenvalue weighted by atomic mass is 10.2. The van der Waals surface area contributed by atoms with Gasteiger partial charge in [0.15, 0.2) is 0 Å². The summed E-state index contributed by atoms with van der Waals surface area (Å²) in [5, 5.41) is 9.08. The van der Waals surface area contributed by atoms with Crippen LogP contribution in [0.2, 0.25) is 0 Å². The topological polar surface area (TPSA) is 36.4 Å². The fraction of sp³-hybridized carbons (Fsp3) is 0.214. The van der Waals surface area contributed by atoms with Crippen LogP contribution in [0.5, 0.6) is 0 Å². The van der Waals surface area contributed by atoms with Gasteiger partial charge in [-0.3, -0.25) is 0 Å². The number of aliphatic hydroxyl groups is 1. The van der Waals surface area contributed by atoms with E-state index in [4.69, 9.17) is 5.11 Å². The molecule has 1 heterocycles. The SMILES string of the molecule is OCCN(Cc1ccccc1)c1cccc(F)n1. The van der Waals surface area contributed by atoms with Crippen molar-refractivity contribution >= 4 is 5.82 Å². The Morgan fingerprint density at radius 1 is 1.06 bits per heavy atom. The van der Waals surface area contributed by atoms with Crippen molar-refractivity contribution in [2.24, 2.45) is 0 Å². The molecule has 94 valence electrons. The monoisotopic (exact) mass is 246 g/mol. The lowest BCUT2D eigenvalue weighted by Gasteiger charge is -2.22. The lowest BCUT2D eigenvalue weighted by molar-refractivity contribution is 0.301. The van der Waals surface area contributed by atoms with Crippen molar-refractivity contribution in [2.45, 2.75) is 6.54 Å². The molecule has 0 aliphatic heterocycles. The number of benzene rings is 1. The van der Waals surface area contributed by atoms with Crippen LogP contribution < -0.4 is 4.90 Å². The van der Waals surface area contributed by atoms with Crippen molar-refractivity contribution in [3.05, 3.63) is 60.0 Å². The van der Waals surface area contributed by atoms with E-state index in [1.165, 1.54) is 6.07 Å². The summed E-state index contributed by atoms with van der Waals surface area (Å²) < 4.78 is 13.1. The summed E-state index contributed by atoms with van der Waals surface area (Å²) >= 11 is 0. The molecule has 18 heavy (non-hydrogen) atoms. The van der Waals surface area contributed by atoms with E-state index in [-0.39, 0.29) is 6.61 Å². The van der Waals surface area contributed by atoms with E-state index in [0.29, 0.717) is 18.9 Å². The quantitative estimate of drug-likeness (QED) is 0.822. The molecule has 0 spiro atoms. The van der Waals surface area contributed by atoms with Crippen LogP contribution >= 0.6 is 0 Å². The lowest BCUT2D eigenvalue weighted by Crippen LogP contribution is -2.27. The average Bonchev–Trinajstić information content (AvgIpc) is 2.39. The molecule has 0 atom stereocenters. The third-order valence-electron chi connectivity index (χ3n) is 2.61. The highest BCUT2D eigenvalue weighted by atomic mass is 19.1. The van der Waals surface area contributed by atoms with E-state index in [1.54, 1.807) is 12.1 Å². The van der Waals surface area contributed by atoms with Gasteiger partial charge in [-0.2, -0.15) is 4.39 Å². The van der Waals surface area contributed by atoms with Crippen molar-refractivity contribution in [1.29, 1.82) is 0 Å². The summed E-state index contributed by atoms with van der Waals surface area (Å²) in [7, 11) is 0. The first-order valence-electron chi connectivity index (χ1n) is 5.82. The van der Waals surface area contributed by atoms with E-state index in [0.717, 1.165) is 5.56 Å². The molecule has 2 rings (SSSR count). The molecule has 0 unspecified atom stereocenters. The first-order chi connectivity index (χ1) is 8.79. The highest BCUT2D eigenvalue weighted by Gasteiger charge is 2.08. The van der Waals surface area contributed by atoms with Gasteiger partial charge in [0.25, 0.3) is 0 Å². The van der Waals surface area contributed by atoms with Crippen molar-refractivity contribution in [1.82, 2.24) is 4.98 Å². The van der Waals surface area contributed by atoms with Crippen LogP contribution in [-0.2, 0) is 6.54 Å². The van der Waals surface area contributed by atoms with E-state index in [9.17, 15) is 4.39 Å². The number of hydrogen-bond acceptors (Lipinski definition) is 3. The number of aromatic nitrogens is 1. The standard InChI is InChI=1S/C14H15FN2O/c15-13-7-4-8-14(16-13)17(9-10-18)11-12-5-2-1-3-6-12/h1-8,18H,9-11H2. The molecule has 0 fully saturated rings. The van der Waals surface area contributed by atoms with Gasteiger partial charge in [-0.25, -0.2) is 4.98 Å². The van der Waals surface area contributed by atoms with Crippen molar-refractivity contribution in [3.8, 4) is 0 Å². The van der Waals surface area contributed by atoms with Crippen molar-refractivity contribution in [2.75, 3.05) is 18.1 Å². The van der Waals surface area contributed by atoms with Gasteiger partial charge in [0, 0.05) is 13.1 Å². The number of pyridine rings is 1. The van der Waals surface area contributed by atoms with Crippen LogP contribution in [0, 0.1) is 5.95 Å². The van der Waals surface area contributed by atoms with Crippen molar-refractivity contribution in [3.63, 3.8) is 0 Å². The first kappa shape index (κ1) is 12.5. The minimum absolute atomic E-state index is 0.00499. The Morgan fingerprint density at radius 2 is 1.83 bits per heavy atom. The molecule has 1 aromatic carbocycles. The number of anilines is 1. The number of aliphatic hydroxyl groups excluding tert-OH is 1. The number of hydrogen-bond donors (Lipinski definition) is 1. The molecule has 0 saturated carbocycles. The second-order valence-electron chi connectivity index (χ2n) is 3.95. The van der Waals surface area contributed by atoms with Gasteiger partial charge in [0.05, 0.1) is 6.61 Å². The van der Waals surface area contributed by atoms with Gasteiger partial charge < -0.3 is 10.0 Å². The number of rotatable bonds is 5. The number of halogens is 1. The minimum Gasteiger partial charge on any atom is -0.395 e. The molecule has 3 nitrogen and oxygen atoms in total. The van der Waals surface area contributed by atoms with E-state index in [1.807, 2.05) is 35.2 Å². The molecule has 1 aromatic heterocycles. The predicted molar refractivity (Wildman–Crippen MR) is 68.8 cm³/mol. The molecule has 0 amide bonds. The molecule has 0 aliphatic carbocycles. The van der Waals surface area contributed by atoms with Crippen LogP contribution in [0.15, 0.2) is 48.5 Å². The Morgan fingerprint density at radius 3 is 2.50 bits per heavy atom. The zero-order valence-corrected chi connectivity index (χ0v) is 9.96. The second-order valence-corrected chi connectivity index (χ2v) is 3.95. The van der Waals surface area contributed by atoms with Crippen LogP contribution in [0.4, 0.5) is 10.2 Å². The molecule has 2 aromatic rings. The highest BCUT2D eigenvalue weighted by Crippen LogP contribution is 2.14. The Kier molecular flexibility index (Phi) is 4.25. The Labute approximate surface area is 106 Å². The van der Waals surface area contributed by atoms with Gasteiger partial charge in [0.2, 0.25) is 5.95 Å². The van der Waals surface area contributed by atoms with E-state index < -0.39 is 5.95 Å². The average molecular weight is 246 g/mol. The molecule has 0 bridgehead atoms. The zero-order chi connectivity index (χ0) is 12.8. The summed E-state index contributed by atoms with van der Waals surface area (Å²) in [4.78, 5) is 5.68. The summed E-state index contributed by atoms with van der Waals surface area (Å²) in [6.45, 7) is 1.02. The molecule has 1 N–H and O–H groups in total. The Balaban J connectivity index is 2.18. The van der Waals surface area contributed by atoms with Crippen LogP contribution in [0.1, 0.15) is 5.56 Å². The van der Waals surface area contributed by atoms with Crippen molar-refractivity contribution < 1.29 is 9.50 Å². The van der Waals surface area contributed by atoms with Crippen LogP contribution in [0.3, 0.4) is 0 Å². The van der Waals surface area contributed by atoms with Gasteiger partial charge >= 0.3 is 0 Å². The summed E-state index contributed by atoms with van der Waals surface area (Å²) in [6, 6.07) is 14.5. The molecule has 0 saturated heterocycles. The molecular weight excluding hydrogens is 231 g/mol. The fourth-order valence-corrected chi connectivity index (χ4v) is 1.77. The normalized spacial score (nSPS) is 10.3. The molecule has 4 heteroatoms. The third kappa shape index (κ3) is 3.28. The Hall–Kier alpha value is -1.94. The van der Waals surface area contributed by atoms with E-state index in [2.05, 4.69) is 4.98 Å². The molecule has 0 radical (unpaired) electrons. The first-order valence-corrected chi connectivity index (χ1v) is 5.82. The maximum absolute atomic E-state index is 13.1. The maximum atomic E-state index is 13.1. The zero-order valence-electron chi connectivity index (χ0n) is 9.96. The van der Waals surface area contributed by atoms with Crippen LogP contribution in [-0.4, -0.2) is 23.2 Å². The minimum atomic E-state index is -0.511. The number of nitrogens with zero attached hydrogens (tertiary/aromatic N) is 2. The van der Waals surface area contributed by atoms with Gasteiger partial charge in [-0.1, -0.05) is 36.4 Å². The van der Waals surface area contributed by atoms with E-state index >= 15 is 0 Å². The van der Waals surface area contributed by atoms with Gasteiger partial charge in [-0.05, 0) is 17.7 Å². The van der Waals surface area contributed by atoms with Gasteiger partial charge in [0.1, 0.15) is 5.82 Å². The summed E-state index contributed by atoms with van der Waals surface area (Å²) in [5.74, 6) is 0.0244. The largest absolute Gasteiger partial charge is 0.395 e. The smallest absolute Gasteiger partial charge is 0.214 e. The highest BCUT2D eigenvalue weighted by molar-refractivity contribution is 5.39. The summed E-state index contributed by atoms with van der Waals surface area (Å²) in [6.07, 6.45) is 0. The molecule has 0 aliphatic rings. The predicted octanol–water partition coefficient (Wildman–Crippen LogP) is 2.22. The van der Waals surface area contributed by atoms with Crippen LogP contribution in [0.25, 0.3) is 0 Å². The fourth-order valence-electron chi connectivity index (χ4n) is 1.77. The van der Waals surface area contributed by atoms with Gasteiger partial charge in [-0.15, -0.1) is 0 Å².